The summed E-state index contributed by atoms with van der Waals surface area (Å²) in [5.41, 5.74) is -0.0141. The fourth-order valence-corrected chi connectivity index (χ4v) is 2.29. The van der Waals surface area contributed by atoms with Crippen LogP contribution < -0.4 is 16.6 Å². The van der Waals surface area contributed by atoms with Crippen LogP contribution in [0.15, 0.2) is 9.59 Å². The Balaban J connectivity index is 1.84. The fraction of sp³-hybridized carbons (Fsp3) is 0.615. The Labute approximate surface area is 115 Å². The first-order valence-electron chi connectivity index (χ1n) is 6.76. The molecule has 0 aliphatic carbocycles. The third kappa shape index (κ3) is 3.80. The van der Waals surface area contributed by atoms with Crippen molar-refractivity contribution < 1.29 is 9.53 Å². The van der Waals surface area contributed by atoms with Crippen LogP contribution in [0.1, 0.15) is 30.5 Å². The van der Waals surface area contributed by atoms with Gasteiger partial charge >= 0.3 is 5.69 Å². The van der Waals surface area contributed by atoms with Gasteiger partial charge in [0.1, 0.15) is 0 Å². The normalized spacial score (nSPS) is 18.1. The smallest absolute Gasteiger partial charge is 0.325 e. The maximum Gasteiger partial charge on any atom is 0.325 e. The van der Waals surface area contributed by atoms with E-state index in [-0.39, 0.29) is 18.4 Å². The van der Waals surface area contributed by atoms with Gasteiger partial charge in [-0.2, -0.15) is 0 Å². The van der Waals surface area contributed by atoms with Gasteiger partial charge in [0.25, 0.3) is 5.56 Å². The number of aromatic nitrogens is 2. The van der Waals surface area contributed by atoms with E-state index in [9.17, 15) is 14.4 Å². The lowest BCUT2D eigenvalue weighted by Gasteiger charge is -2.10. The first kappa shape index (κ1) is 14.5. The van der Waals surface area contributed by atoms with Gasteiger partial charge in [0.05, 0.1) is 6.10 Å². The van der Waals surface area contributed by atoms with Crippen molar-refractivity contribution in [1.82, 2.24) is 15.3 Å². The Morgan fingerprint density at radius 1 is 1.40 bits per heavy atom. The SMILES string of the molecule is Cc1[nH]c(=O)[nH]c(=O)c1CCC(=O)NC[C@@H]1CCCO1. The van der Waals surface area contributed by atoms with Crippen molar-refractivity contribution in [3.8, 4) is 0 Å². The molecule has 1 fully saturated rings. The van der Waals surface area contributed by atoms with Crippen LogP contribution in [0.2, 0.25) is 0 Å². The molecule has 2 heterocycles. The molecule has 1 aromatic rings. The Kier molecular flexibility index (Phi) is 4.73. The number of nitrogens with one attached hydrogen (secondary N) is 3. The van der Waals surface area contributed by atoms with Crippen molar-refractivity contribution in [3.05, 3.63) is 32.1 Å². The van der Waals surface area contributed by atoms with E-state index in [4.69, 9.17) is 4.74 Å². The minimum atomic E-state index is -0.529. The Bertz CT molecular complexity index is 584. The van der Waals surface area contributed by atoms with Crippen molar-refractivity contribution in [2.45, 2.75) is 38.7 Å². The van der Waals surface area contributed by atoms with Gasteiger partial charge in [-0.25, -0.2) is 4.79 Å². The second-order valence-electron chi connectivity index (χ2n) is 4.95. The maximum atomic E-state index is 11.7. The summed E-state index contributed by atoms with van der Waals surface area (Å²) in [5.74, 6) is -0.120. The van der Waals surface area contributed by atoms with E-state index in [0.717, 1.165) is 19.4 Å². The highest BCUT2D eigenvalue weighted by molar-refractivity contribution is 5.76. The van der Waals surface area contributed by atoms with Crippen LogP contribution in [0.25, 0.3) is 0 Å². The number of hydrogen-bond acceptors (Lipinski definition) is 4. The maximum absolute atomic E-state index is 11.7. The standard InChI is InChI=1S/C13H19N3O4/c1-8-10(12(18)16-13(19)15-8)4-5-11(17)14-7-9-3-2-6-20-9/h9H,2-7H2,1H3,(H,14,17)(H2,15,16,18,19)/t9-/m0/s1. The number of H-pyrrole nitrogens is 2. The zero-order valence-electron chi connectivity index (χ0n) is 11.5. The molecule has 1 atom stereocenters. The second-order valence-corrected chi connectivity index (χ2v) is 4.95. The fourth-order valence-electron chi connectivity index (χ4n) is 2.29. The van der Waals surface area contributed by atoms with Crippen LogP contribution in [0, 0.1) is 6.92 Å². The lowest BCUT2D eigenvalue weighted by molar-refractivity contribution is -0.121. The van der Waals surface area contributed by atoms with Crippen molar-refractivity contribution in [1.29, 1.82) is 0 Å². The van der Waals surface area contributed by atoms with Crippen molar-refractivity contribution in [2.24, 2.45) is 0 Å². The van der Waals surface area contributed by atoms with Gasteiger partial charge in [-0.05, 0) is 26.2 Å². The predicted octanol–water partition coefficient (Wildman–Crippen LogP) is -0.401. The van der Waals surface area contributed by atoms with Crippen molar-refractivity contribution in [3.63, 3.8) is 0 Å². The largest absolute Gasteiger partial charge is 0.376 e. The molecule has 3 N–H and O–H groups in total. The summed E-state index contributed by atoms with van der Waals surface area (Å²) in [6.07, 6.45) is 2.63. The third-order valence-corrected chi connectivity index (χ3v) is 3.41. The summed E-state index contributed by atoms with van der Waals surface area (Å²) in [5, 5.41) is 2.80. The summed E-state index contributed by atoms with van der Waals surface area (Å²) in [4.78, 5) is 39.1. The van der Waals surface area contributed by atoms with E-state index in [1.54, 1.807) is 6.92 Å². The number of rotatable bonds is 5. The zero-order chi connectivity index (χ0) is 14.5. The molecule has 0 spiro atoms. The topological polar surface area (TPSA) is 104 Å². The number of ether oxygens (including phenoxy) is 1. The van der Waals surface area contributed by atoms with E-state index in [0.29, 0.717) is 24.2 Å². The van der Waals surface area contributed by atoms with Gasteiger partial charge in [-0.1, -0.05) is 0 Å². The van der Waals surface area contributed by atoms with Gasteiger partial charge in [0.2, 0.25) is 5.91 Å². The van der Waals surface area contributed by atoms with E-state index >= 15 is 0 Å². The summed E-state index contributed by atoms with van der Waals surface area (Å²) in [6.45, 7) is 2.92. The second kappa shape index (κ2) is 6.51. The molecule has 0 aromatic carbocycles. The molecule has 7 heteroatoms. The molecular weight excluding hydrogens is 262 g/mol. The number of carbonyl (C=O) groups excluding carboxylic acids is 1. The van der Waals surface area contributed by atoms with Gasteiger partial charge < -0.3 is 15.0 Å². The first-order chi connectivity index (χ1) is 9.56. The molecule has 0 saturated carbocycles. The molecule has 7 nitrogen and oxygen atoms in total. The first-order valence-corrected chi connectivity index (χ1v) is 6.76. The monoisotopic (exact) mass is 281 g/mol. The van der Waals surface area contributed by atoms with Gasteiger partial charge in [0, 0.05) is 30.8 Å². The Morgan fingerprint density at radius 2 is 2.20 bits per heavy atom. The van der Waals surface area contributed by atoms with Crippen LogP contribution in [0.4, 0.5) is 0 Å². The van der Waals surface area contributed by atoms with E-state index < -0.39 is 11.2 Å². The van der Waals surface area contributed by atoms with Crippen molar-refractivity contribution >= 4 is 5.91 Å². The molecule has 20 heavy (non-hydrogen) atoms. The predicted molar refractivity (Wildman–Crippen MR) is 72.7 cm³/mol. The highest BCUT2D eigenvalue weighted by Crippen LogP contribution is 2.10. The molecule has 0 bridgehead atoms. The third-order valence-electron chi connectivity index (χ3n) is 3.41. The number of aromatic amines is 2. The van der Waals surface area contributed by atoms with Crippen LogP contribution in [0.3, 0.4) is 0 Å². The Morgan fingerprint density at radius 3 is 2.85 bits per heavy atom. The zero-order valence-corrected chi connectivity index (χ0v) is 11.5. The lowest BCUT2D eigenvalue weighted by atomic mass is 10.1. The van der Waals surface area contributed by atoms with Gasteiger partial charge in [0.15, 0.2) is 0 Å². The molecule has 1 amide bonds. The van der Waals surface area contributed by atoms with Crippen LogP contribution in [0.5, 0.6) is 0 Å². The summed E-state index contributed by atoms with van der Waals surface area (Å²) in [7, 11) is 0. The quantitative estimate of drug-likeness (QED) is 0.683. The molecule has 0 radical (unpaired) electrons. The van der Waals surface area contributed by atoms with E-state index in [1.807, 2.05) is 0 Å². The average molecular weight is 281 g/mol. The minimum absolute atomic E-state index is 0.108. The number of hydrogen-bond donors (Lipinski definition) is 3. The molecule has 1 aromatic heterocycles. The number of carbonyl (C=O) groups is 1. The molecular formula is C13H19N3O4. The molecule has 0 unspecified atom stereocenters. The lowest BCUT2D eigenvalue weighted by Crippen LogP contribution is -2.33. The minimum Gasteiger partial charge on any atom is -0.376 e. The molecule has 1 saturated heterocycles. The van der Waals surface area contributed by atoms with E-state index in [1.165, 1.54) is 0 Å². The highest BCUT2D eigenvalue weighted by atomic mass is 16.5. The number of amides is 1. The van der Waals surface area contributed by atoms with E-state index in [2.05, 4.69) is 15.3 Å². The molecule has 2 rings (SSSR count). The average Bonchev–Trinajstić information content (AvgIpc) is 2.88. The molecule has 1 aliphatic heterocycles. The van der Waals surface area contributed by atoms with Crippen LogP contribution in [-0.4, -0.2) is 35.1 Å². The van der Waals surface area contributed by atoms with Crippen LogP contribution >= 0.6 is 0 Å². The summed E-state index contributed by atoms with van der Waals surface area (Å²) < 4.78 is 5.41. The summed E-state index contributed by atoms with van der Waals surface area (Å²) >= 11 is 0. The van der Waals surface area contributed by atoms with Gasteiger partial charge in [-0.3, -0.25) is 14.6 Å². The molecule has 1 aliphatic rings. The van der Waals surface area contributed by atoms with Crippen LogP contribution in [-0.2, 0) is 16.0 Å². The summed E-state index contributed by atoms with van der Waals surface area (Å²) in [6, 6.07) is 0. The Hall–Kier alpha value is -1.89. The number of aryl methyl sites for hydroxylation is 1. The highest BCUT2D eigenvalue weighted by Gasteiger charge is 2.16. The molecule has 110 valence electrons. The van der Waals surface area contributed by atoms with Crippen molar-refractivity contribution in [2.75, 3.05) is 13.2 Å². The van der Waals surface area contributed by atoms with Gasteiger partial charge in [-0.15, -0.1) is 0 Å².